The summed E-state index contributed by atoms with van der Waals surface area (Å²) in [6.45, 7) is 0. The van der Waals surface area contributed by atoms with Gasteiger partial charge in [-0.1, -0.05) is 152 Å². The Morgan fingerprint density at radius 3 is 1.26 bits per heavy atom. The van der Waals surface area contributed by atoms with Crippen LogP contribution in [0.5, 0.6) is 0 Å². The number of para-hydroxylation sites is 1. The van der Waals surface area contributed by atoms with Crippen LogP contribution in [0.2, 0.25) is 0 Å². The molecule has 0 atom stereocenters. The standard InChI is InChI=1S/C57H39N5/c1-6-16-38(17-7-1)42-26-30-51-47(34-42)48-36-44(28-31-52(48)61(51)46-24-14-5-15-25-46)45-29-33-54-50(37-45)49-35-43(39-18-8-2-9-19-39)27-32-53(49)62(54)57-59-55(40-20-10-3-11-21-40)58-56(60-57)41-22-12-4-13-23-41/h1-8,10-18,20-37H,9,19H2. The fourth-order valence-corrected chi connectivity index (χ4v) is 9.23. The Bertz CT molecular complexity index is 3490. The summed E-state index contributed by atoms with van der Waals surface area (Å²) < 4.78 is 4.61. The van der Waals surface area contributed by atoms with Crippen molar-refractivity contribution in [2.75, 3.05) is 0 Å². The van der Waals surface area contributed by atoms with E-state index < -0.39 is 0 Å². The van der Waals surface area contributed by atoms with Crippen LogP contribution in [0.15, 0.2) is 212 Å². The van der Waals surface area contributed by atoms with Crippen LogP contribution in [0.25, 0.3) is 106 Å². The molecular weight excluding hydrogens is 755 g/mol. The van der Waals surface area contributed by atoms with E-state index >= 15 is 0 Å². The van der Waals surface area contributed by atoms with E-state index in [4.69, 9.17) is 15.0 Å². The van der Waals surface area contributed by atoms with Gasteiger partial charge in [0.15, 0.2) is 11.6 Å². The highest BCUT2D eigenvalue weighted by molar-refractivity contribution is 6.13. The molecule has 5 nitrogen and oxygen atoms in total. The molecule has 0 radical (unpaired) electrons. The van der Waals surface area contributed by atoms with Crippen molar-refractivity contribution in [2.45, 2.75) is 12.8 Å². The molecule has 11 aromatic rings. The average molecular weight is 794 g/mol. The molecule has 0 bridgehead atoms. The van der Waals surface area contributed by atoms with Gasteiger partial charge in [0.1, 0.15) is 0 Å². The van der Waals surface area contributed by atoms with Crippen LogP contribution in [0.3, 0.4) is 0 Å². The van der Waals surface area contributed by atoms with Gasteiger partial charge in [-0.3, -0.25) is 4.57 Å². The fraction of sp³-hybridized carbons (Fsp3) is 0.0351. The maximum Gasteiger partial charge on any atom is 0.238 e. The normalized spacial score (nSPS) is 12.7. The number of aromatic nitrogens is 5. The van der Waals surface area contributed by atoms with E-state index in [1.54, 1.807) is 0 Å². The number of hydrogen-bond donors (Lipinski definition) is 0. The Hall–Kier alpha value is -8.15. The van der Waals surface area contributed by atoms with Crippen molar-refractivity contribution < 1.29 is 0 Å². The van der Waals surface area contributed by atoms with E-state index in [9.17, 15) is 0 Å². The monoisotopic (exact) mass is 793 g/mol. The molecule has 0 aliphatic heterocycles. The first-order chi connectivity index (χ1) is 30.7. The Balaban J connectivity index is 1.08. The Morgan fingerprint density at radius 2 is 0.774 bits per heavy atom. The van der Waals surface area contributed by atoms with Crippen molar-refractivity contribution in [3.8, 4) is 56.7 Å². The molecular formula is C57H39N5. The second-order valence-electron chi connectivity index (χ2n) is 16.0. The quantitative estimate of drug-likeness (QED) is 0.161. The second kappa shape index (κ2) is 14.8. The smallest absolute Gasteiger partial charge is 0.238 e. The molecule has 3 heterocycles. The number of benzene rings is 8. The van der Waals surface area contributed by atoms with Crippen molar-refractivity contribution in [2.24, 2.45) is 0 Å². The highest BCUT2D eigenvalue weighted by Crippen LogP contribution is 2.40. The third-order valence-corrected chi connectivity index (χ3v) is 12.3. The minimum atomic E-state index is 0.586. The van der Waals surface area contributed by atoms with E-state index in [1.807, 2.05) is 36.4 Å². The molecule has 0 unspecified atom stereocenters. The molecule has 292 valence electrons. The molecule has 0 saturated heterocycles. The van der Waals surface area contributed by atoms with Gasteiger partial charge in [-0.05, 0) is 107 Å². The molecule has 0 N–H and O–H groups in total. The topological polar surface area (TPSA) is 48.5 Å². The second-order valence-corrected chi connectivity index (χ2v) is 16.0. The lowest BCUT2D eigenvalue weighted by atomic mass is 9.95. The summed E-state index contributed by atoms with van der Waals surface area (Å²) in [6.07, 6.45) is 8.74. The number of hydrogen-bond acceptors (Lipinski definition) is 3. The van der Waals surface area contributed by atoms with Crippen molar-refractivity contribution in [3.63, 3.8) is 0 Å². The minimum Gasteiger partial charge on any atom is -0.309 e. The SMILES string of the molecule is C1=CCCC(c2ccc3c(c2)c2cc(-c4ccc5c(c4)c4cc(-c6ccccc6)ccc4n5-c4ccccc4)ccc2n3-c2nc(-c3ccccc3)nc(-c3ccccc3)n2)=C1. The minimum absolute atomic E-state index is 0.586. The molecule has 12 rings (SSSR count). The van der Waals surface area contributed by atoms with Gasteiger partial charge in [0.2, 0.25) is 5.95 Å². The van der Waals surface area contributed by atoms with Crippen molar-refractivity contribution in [1.82, 2.24) is 24.1 Å². The maximum atomic E-state index is 5.20. The molecule has 1 aliphatic carbocycles. The molecule has 8 aromatic carbocycles. The molecule has 3 aromatic heterocycles. The van der Waals surface area contributed by atoms with Gasteiger partial charge in [0, 0.05) is 38.4 Å². The van der Waals surface area contributed by atoms with Crippen LogP contribution in [0, 0.1) is 0 Å². The summed E-state index contributed by atoms with van der Waals surface area (Å²) in [4.78, 5) is 15.4. The van der Waals surface area contributed by atoms with Gasteiger partial charge in [0.05, 0.1) is 22.1 Å². The summed E-state index contributed by atoms with van der Waals surface area (Å²) in [5, 5.41) is 4.75. The summed E-state index contributed by atoms with van der Waals surface area (Å²) in [6, 6.07) is 69.2. The van der Waals surface area contributed by atoms with Crippen LogP contribution in [-0.2, 0) is 0 Å². The molecule has 0 spiro atoms. The van der Waals surface area contributed by atoms with Gasteiger partial charge in [0.25, 0.3) is 0 Å². The Morgan fingerprint density at radius 1 is 0.355 bits per heavy atom. The van der Waals surface area contributed by atoms with E-state index in [0.29, 0.717) is 17.6 Å². The average Bonchev–Trinajstić information content (AvgIpc) is 3.86. The fourth-order valence-electron chi connectivity index (χ4n) is 9.23. The number of allylic oxidation sites excluding steroid dienone is 4. The highest BCUT2D eigenvalue weighted by Gasteiger charge is 2.21. The molecule has 1 aliphatic rings. The number of rotatable bonds is 7. The lowest BCUT2D eigenvalue weighted by Gasteiger charge is -2.12. The first kappa shape index (κ1) is 35.8. The lowest BCUT2D eigenvalue weighted by Crippen LogP contribution is -2.06. The number of nitrogens with zero attached hydrogens (tertiary/aromatic N) is 5. The zero-order valence-electron chi connectivity index (χ0n) is 33.9. The molecule has 0 saturated carbocycles. The van der Waals surface area contributed by atoms with E-state index in [0.717, 1.165) is 62.6 Å². The van der Waals surface area contributed by atoms with Crippen LogP contribution in [0.1, 0.15) is 18.4 Å². The number of fused-ring (bicyclic) bond motifs is 6. The third-order valence-electron chi connectivity index (χ3n) is 12.3. The van der Waals surface area contributed by atoms with Gasteiger partial charge in [-0.2, -0.15) is 9.97 Å². The first-order valence-corrected chi connectivity index (χ1v) is 21.2. The maximum absolute atomic E-state index is 5.20. The van der Waals surface area contributed by atoms with Gasteiger partial charge < -0.3 is 4.57 Å². The predicted molar refractivity (Wildman–Crippen MR) is 257 cm³/mol. The summed E-state index contributed by atoms with van der Waals surface area (Å²) in [7, 11) is 0. The van der Waals surface area contributed by atoms with Crippen molar-refractivity contribution >= 4 is 49.2 Å². The predicted octanol–water partition coefficient (Wildman–Crippen LogP) is 14.5. The molecule has 0 fully saturated rings. The van der Waals surface area contributed by atoms with Crippen molar-refractivity contribution in [1.29, 1.82) is 0 Å². The third kappa shape index (κ3) is 6.13. The Labute approximate surface area is 359 Å². The highest BCUT2D eigenvalue weighted by atomic mass is 15.2. The molecule has 5 heteroatoms. The Kier molecular flexibility index (Phi) is 8.56. The van der Waals surface area contributed by atoms with Gasteiger partial charge in [-0.25, -0.2) is 4.98 Å². The summed E-state index contributed by atoms with van der Waals surface area (Å²) >= 11 is 0. The zero-order valence-corrected chi connectivity index (χ0v) is 33.9. The van der Waals surface area contributed by atoms with E-state index in [2.05, 4.69) is 185 Å². The van der Waals surface area contributed by atoms with Crippen LogP contribution in [-0.4, -0.2) is 24.1 Å². The van der Waals surface area contributed by atoms with Crippen LogP contribution in [0.4, 0.5) is 0 Å². The molecule has 0 amide bonds. The largest absolute Gasteiger partial charge is 0.309 e. The van der Waals surface area contributed by atoms with Crippen LogP contribution >= 0.6 is 0 Å². The summed E-state index contributed by atoms with van der Waals surface area (Å²) in [5.41, 5.74) is 14.8. The zero-order chi connectivity index (χ0) is 41.0. The van der Waals surface area contributed by atoms with Crippen molar-refractivity contribution in [3.05, 3.63) is 218 Å². The van der Waals surface area contributed by atoms with E-state index in [-0.39, 0.29) is 0 Å². The van der Waals surface area contributed by atoms with E-state index in [1.165, 1.54) is 44.1 Å². The molecule has 62 heavy (non-hydrogen) atoms. The first-order valence-electron chi connectivity index (χ1n) is 21.2. The van der Waals surface area contributed by atoms with Crippen LogP contribution < -0.4 is 0 Å². The van der Waals surface area contributed by atoms with Gasteiger partial charge >= 0.3 is 0 Å². The lowest BCUT2D eigenvalue weighted by molar-refractivity contribution is 0.953. The van der Waals surface area contributed by atoms with Gasteiger partial charge in [-0.15, -0.1) is 0 Å². The summed E-state index contributed by atoms with van der Waals surface area (Å²) in [5.74, 6) is 1.85.